The Labute approximate surface area is 273 Å². The van der Waals surface area contributed by atoms with Crippen LogP contribution in [0.15, 0.2) is 53.3 Å². The zero-order valence-corrected chi connectivity index (χ0v) is 27.3. The largest absolute Gasteiger partial charge is 0.381 e. The van der Waals surface area contributed by atoms with Crippen LogP contribution in [0, 0.1) is 25.5 Å². The molecule has 2 aliphatic heterocycles. The maximum atomic E-state index is 14.7. The number of ether oxygens (including phenoxy) is 2. The fourth-order valence-corrected chi connectivity index (χ4v) is 6.90. The van der Waals surface area contributed by atoms with Crippen molar-refractivity contribution in [2.45, 2.75) is 52.7 Å². The van der Waals surface area contributed by atoms with Crippen molar-refractivity contribution in [1.29, 1.82) is 0 Å². The molecule has 4 aromatic rings. The van der Waals surface area contributed by atoms with Crippen LogP contribution in [0.25, 0.3) is 21.9 Å². The van der Waals surface area contributed by atoms with Crippen molar-refractivity contribution in [1.82, 2.24) is 15.2 Å². The summed E-state index contributed by atoms with van der Waals surface area (Å²) in [5.74, 6) is -1.93. The fraction of sp³-hybridized carbons (Fsp3) is 0.405. The molecule has 8 nitrogen and oxygen atoms in total. The second-order valence-corrected chi connectivity index (χ2v) is 12.4. The third-order valence-corrected chi connectivity index (χ3v) is 9.46. The Balaban J connectivity index is 1.34. The average molecular weight is 645 g/mol. The number of rotatable bonds is 9. The van der Waals surface area contributed by atoms with Crippen LogP contribution in [-0.4, -0.2) is 67.9 Å². The van der Waals surface area contributed by atoms with Gasteiger partial charge in [-0.05, 0) is 79.5 Å². The highest BCUT2D eigenvalue weighted by atomic mass is 19.1. The number of anilines is 1. The Bertz CT molecular complexity index is 1810. The summed E-state index contributed by atoms with van der Waals surface area (Å²) < 4.78 is 40.1. The average Bonchev–Trinajstić information content (AvgIpc) is 3.06. The van der Waals surface area contributed by atoms with Crippen molar-refractivity contribution in [3.8, 4) is 11.1 Å². The molecule has 0 atom stereocenters. The summed E-state index contributed by atoms with van der Waals surface area (Å²) in [5.41, 5.74) is 5.27. The molecule has 2 fully saturated rings. The van der Waals surface area contributed by atoms with Gasteiger partial charge in [-0.15, -0.1) is 0 Å². The van der Waals surface area contributed by atoms with Crippen molar-refractivity contribution in [3.05, 3.63) is 98.5 Å². The van der Waals surface area contributed by atoms with Gasteiger partial charge in [0.25, 0.3) is 11.5 Å². The summed E-state index contributed by atoms with van der Waals surface area (Å²) in [6.45, 7) is 11.8. The fourth-order valence-electron chi connectivity index (χ4n) is 6.90. The summed E-state index contributed by atoms with van der Waals surface area (Å²) in [6.07, 6.45) is 1.79. The number of carbonyl (C=O) groups excluding carboxylic acids is 1. The van der Waals surface area contributed by atoms with Crippen LogP contribution in [0.2, 0.25) is 0 Å². The predicted molar refractivity (Wildman–Crippen MR) is 180 cm³/mol. The van der Waals surface area contributed by atoms with Gasteiger partial charge >= 0.3 is 0 Å². The number of morpholine rings is 1. The molecule has 0 aliphatic carbocycles. The molecule has 1 aromatic heterocycles. The molecule has 0 saturated carbocycles. The first-order valence-electron chi connectivity index (χ1n) is 16.4. The summed E-state index contributed by atoms with van der Waals surface area (Å²) in [6, 6.07) is 14.7. The van der Waals surface area contributed by atoms with E-state index >= 15 is 0 Å². The molecule has 2 aliphatic rings. The molecule has 0 spiro atoms. The lowest BCUT2D eigenvalue weighted by molar-refractivity contribution is 0.0342. The lowest BCUT2D eigenvalue weighted by Crippen LogP contribution is -2.40. The van der Waals surface area contributed by atoms with Crippen LogP contribution in [0.4, 0.5) is 14.5 Å². The first-order valence-corrected chi connectivity index (χ1v) is 16.4. The van der Waals surface area contributed by atoms with E-state index in [1.165, 1.54) is 5.56 Å². The maximum absolute atomic E-state index is 14.7. The molecule has 2 saturated heterocycles. The van der Waals surface area contributed by atoms with Crippen molar-refractivity contribution in [2.75, 3.05) is 51.0 Å². The third kappa shape index (κ3) is 7.10. The minimum Gasteiger partial charge on any atom is -0.381 e. The monoisotopic (exact) mass is 644 g/mol. The Morgan fingerprint density at radius 1 is 0.979 bits per heavy atom. The smallest absolute Gasteiger partial charge is 0.253 e. The summed E-state index contributed by atoms with van der Waals surface area (Å²) >= 11 is 0. The molecule has 6 rings (SSSR count). The lowest BCUT2D eigenvalue weighted by Gasteiger charge is -2.37. The number of carbonyl (C=O) groups is 1. The molecule has 3 heterocycles. The van der Waals surface area contributed by atoms with Crippen molar-refractivity contribution in [3.63, 3.8) is 0 Å². The van der Waals surface area contributed by atoms with Crippen LogP contribution >= 0.6 is 0 Å². The lowest BCUT2D eigenvalue weighted by atomic mass is 9.94. The number of nitrogens with zero attached hydrogens (tertiary/aromatic N) is 2. The van der Waals surface area contributed by atoms with Crippen LogP contribution in [0.5, 0.6) is 0 Å². The quantitative estimate of drug-likeness (QED) is 0.238. The molecule has 0 bridgehead atoms. The van der Waals surface area contributed by atoms with Gasteiger partial charge in [0.15, 0.2) is 0 Å². The van der Waals surface area contributed by atoms with E-state index in [4.69, 9.17) is 9.47 Å². The van der Waals surface area contributed by atoms with Gasteiger partial charge in [0.05, 0.1) is 13.2 Å². The zero-order chi connectivity index (χ0) is 33.1. The minimum atomic E-state index is -0.788. The molecule has 2 N–H and O–H groups in total. The second kappa shape index (κ2) is 14.3. The first kappa shape index (κ1) is 32.8. The number of pyridine rings is 1. The van der Waals surface area contributed by atoms with Gasteiger partial charge in [0.2, 0.25) is 0 Å². The minimum absolute atomic E-state index is 0.0969. The van der Waals surface area contributed by atoms with E-state index in [0.29, 0.717) is 24.5 Å². The summed E-state index contributed by atoms with van der Waals surface area (Å²) in [4.78, 5) is 34.3. The van der Waals surface area contributed by atoms with E-state index in [9.17, 15) is 18.4 Å². The molecule has 10 heteroatoms. The number of aromatic nitrogens is 1. The number of hydrogen-bond acceptors (Lipinski definition) is 6. The highest BCUT2D eigenvalue weighted by molar-refractivity contribution is 5.99. The van der Waals surface area contributed by atoms with Gasteiger partial charge in [0.1, 0.15) is 11.6 Å². The van der Waals surface area contributed by atoms with E-state index < -0.39 is 17.2 Å². The summed E-state index contributed by atoms with van der Waals surface area (Å²) in [7, 11) is 0. The zero-order valence-electron chi connectivity index (χ0n) is 27.3. The number of fused-ring (bicyclic) bond motifs is 1. The number of hydrogen-bond donors (Lipinski definition) is 2. The third-order valence-electron chi connectivity index (χ3n) is 9.46. The SMILES string of the molecule is CCN(c1cc(-c2ccc(CN3CCOCC3)cc2)cc(C(=O)NCc2c(=O)[nH]c(C)c3c(F)cc(F)cc23)c1C)C1CCOCC1. The molecule has 3 aromatic carbocycles. The number of nitrogens with one attached hydrogen (secondary N) is 2. The van der Waals surface area contributed by atoms with Crippen LogP contribution in [0.3, 0.4) is 0 Å². The Hall–Kier alpha value is -4.12. The molecular weight excluding hydrogens is 602 g/mol. The van der Waals surface area contributed by atoms with E-state index in [1.807, 2.05) is 13.0 Å². The van der Waals surface area contributed by atoms with E-state index in [2.05, 4.69) is 57.4 Å². The molecule has 0 unspecified atom stereocenters. The highest BCUT2D eigenvalue weighted by Crippen LogP contribution is 2.34. The number of aromatic amines is 1. The Kier molecular flexibility index (Phi) is 10.0. The maximum Gasteiger partial charge on any atom is 0.253 e. The molecule has 0 radical (unpaired) electrons. The number of halogens is 2. The summed E-state index contributed by atoms with van der Waals surface area (Å²) in [5, 5.41) is 3.16. The predicted octanol–water partition coefficient (Wildman–Crippen LogP) is 5.86. The van der Waals surface area contributed by atoms with Gasteiger partial charge in [-0.3, -0.25) is 14.5 Å². The van der Waals surface area contributed by atoms with E-state index in [1.54, 1.807) is 6.92 Å². The Morgan fingerprint density at radius 2 is 1.68 bits per heavy atom. The Morgan fingerprint density at radius 3 is 2.38 bits per heavy atom. The van der Waals surface area contributed by atoms with Gasteiger partial charge in [0, 0.05) is 85.9 Å². The van der Waals surface area contributed by atoms with Crippen LogP contribution < -0.4 is 15.8 Å². The van der Waals surface area contributed by atoms with Gasteiger partial charge in [-0.25, -0.2) is 8.78 Å². The number of amides is 1. The molecular formula is C37H42F2N4O4. The first-order chi connectivity index (χ1) is 22.7. The van der Waals surface area contributed by atoms with E-state index in [-0.39, 0.29) is 34.8 Å². The van der Waals surface area contributed by atoms with Crippen molar-refractivity contribution >= 4 is 22.4 Å². The number of H-pyrrole nitrogens is 1. The van der Waals surface area contributed by atoms with Crippen LogP contribution in [0.1, 0.15) is 52.5 Å². The number of benzene rings is 3. The molecule has 248 valence electrons. The van der Waals surface area contributed by atoms with Gasteiger partial charge < -0.3 is 24.7 Å². The second-order valence-electron chi connectivity index (χ2n) is 12.4. The number of aryl methyl sites for hydroxylation is 1. The molecule has 1 amide bonds. The van der Waals surface area contributed by atoms with Crippen molar-refractivity contribution in [2.24, 2.45) is 0 Å². The van der Waals surface area contributed by atoms with Gasteiger partial charge in [-0.1, -0.05) is 24.3 Å². The molecule has 47 heavy (non-hydrogen) atoms. The highest BCUT2D eigenvalue weighted by Gasteiger charge is 2.25. The standard InChI is InChI=1S/C37H42F2N4O4/c1-4-43(29-9-13-46-14-10-29)34-18-27(26-7-5-25(6-8-26)22-42-11-15-47-16-12-42)17-30(23(34)2)36(44)40-21-32-31-19-28(38)20-33(39)35(31)24(3)41-37(32)45/h5-8,17-20,29H,4,9-16,21-22H2,1-3H3,(H,40,44)(H,41,45). The van der Waals surface area contributed by atoms with Crippen molar-refractivity contribution < 1.29 is 23.0 Å². The topological polar surface area (TPSA) is 86.9 Å². The normalized spacial score (nSPS) is 16.0. The van der Waals surface area contributed by atoms with E-state index in [0.717, 1.165) is 86.7 Å². The van der Waals surface area contributed by atoms with Crippen LogP contribution in [-0.2, 0) is 22.6 Å². The van der Waals surface area contributed by atoms with Gasteiger partial charge in [-0.2, -0.15) is 0 Å².